The number of carbonyl (C=O) groups is 1. The van der Waals surface area contributed by atoms with Crippen molar-refractivity contribution < 1.29 is 41.1 Å². The molecule has 1 amide bonds. The Morgan fingerprint density at radius 3 is 2.63 bits per heavy atom. The van der Waals surface area contributed by atoms with Gasteiger partial charge in [0.05, 0.1) is 32.3 Å². The van der Waals surface area contributed by atoms with Gasteiger partial charge in [0.2, 0.25) is 0 Å². The predicted molar refractivity (Wildman–Crippen MR) is 101 cm³/mol. The molecule has 1 aliphatic rings. The lowest BCUT2D eigenvalue weighted by Gasteiger charge is -2.19. The van der Waals surface area contributed by atoms with Crippen molar-refractivity contribution in [1.29, 1.82) is 0 Å². The highest BCUT2D eigenvalue weighted by atomic mass is 19.4. The fraction of sp³-hybridized carbons (Fsp3) is 0.190. The van der Waals surface area contributed by atoms with Crippen LogP contribution in [0.1, 0.15) is 29.9 Å². The molecule has 1 aromatic heterocycles. The first-order valence-corrected chi connectivity index (χ1v) is 8.16. The number of benzene rings is 2. The lowest BCUT2D eigenvalue weighted by atomic mass is 10.0. The molecule has 30 heavy (non-hydrogen) atoms. The van der Waals surface area contributed by atoms with E-state index in [-0.39, 0.29) is 10.5 Å². The molecule has 9 heteroatoms. The third-order valence-electron chi connectivity index (χ3n) is 3.66. The fourth-order valence-corrected chi connectivity index (χ4v) is 2.43. The van der Waals surface area contributed by atoms with E-state index in [9.17, 15) is 18.0 Å². The van der Waals surface area contributed by atoms with E-state index >= 15 is 0 Å². The fourth-order valence-electron chi connectivity index (χ4n) is 2.43. The average Bonchev–Trinajstić information content (AvgIpc) is 2.94. The minimum atomic E-state index is -4.99. The van der Waals surface area contributed by atoms with Gasteiger partial charge < -0.3 is 14.4 Å². The van der Waals surface area contributed by atoms with Gasteiger partial charge in [-0.3, -0.25) is 4.79 Å². The molecule has 1 aliphatic heterocycles. The van der Waals surface area contributed by atoms with Crippen LogP contribution in [0.15, 0.2) is 60.8 Å². The lowest BCUT2D eigenvalue weighted by Crippen LogP contribution is -2.32. The molecule has 0 atom stereocenters. The maximum atomic E-state index is 13.8. The van der Waals surface area contributed by atoms with Gasteiger partial charge in [-0.15, -0.1) is 13.2 Å². The Morgan fingerprint density at radius 1 is 1.20 bits per heavy atom. The Bertz CT molecular complexity index is 1500. The smallest absolute Gasteiger partial charge is 0.491 e. The van der Waals surface area contributed by atoms with Crippen molar-refractivity contribution in [3.63, 3.8) is 0 Å². The second-order valence-electron chi connectivity index (χ2n) is 5.62. The van der Waals surface area contributed by atoms with Gasteiger partial charge in [-0.2, -0.15) is 0 Å². The summed E-state index contributed by atoms with van der Waals surface area (Å²) in [6.07, 6.45) is -6.72. The quantitative estimate of drug-likeness (QED) is 0.630. The van der Waals surface area contributed by atoms with Crippen LogP contribution in [0.4, 0.5) is 13.2 Å². The summed E-state index contributed by atoms with van der Waals surface area (Å²) in [4.78, 5) is 20.7. The highest BCUT2D eigenvalue weighted by molar-refractivity contribution is 5.98. The molecule has 0 saturated carbocycles. The summed E-state index contributed by atoms with van der Waals surface area (Å²) < 4.78 is 129. The standard InChI is InChI=1S/C21H16F3N3O3/c22-21(23,24)30-16-5-2-14(3-6-16)15-4-7-18-17(12-15)20(28)27(10-11-29-18)13-19-25-8-1-9-26-19/h1-9,12H,10-11,13H2/i1D,4D,7D,8D,9D,10D2,12D,13D2. The van der Waals surface area contributed by atoms with Crippen LogP contribution in [0.5, 0.6) is 11.5 Å². The first-order valence-electron chi connectivity index (χ1n) is 13.2. The van der Waals surface area contributed by atoms with E-state index in [1.54, 1.807) is 0 Å². The van der Waals surface area contributed by atoms with Crippen molar-refractivity contribution >= 4 is 5.91 Å². The number of rotatable bonds is 4. The van der Waals surface area contributed by atoms with Crippen LogP contribution in [-0.2, 0) is 6.50 Å². The van der Waals surface area contributed by atoms with Crippen molar-refractivity contribution in [2.45, 2.75) is 12.9 Å². The number of hydrogen-bond donors (Lipinski definition) is 0. The molecule has 2 heterocycles. The van der Waals surface area contributed by atoms with Gasteiger partial charge in [-0.05, 0) is 41.4 Å². The Labute approximate surface area is 183 Å². The number of amides is 1. The summed E-state index contributed by atoms with van der Waals surface area (Å²) in [5, 5.41) is 0. The maximum Gasteiger partial charge on any atom is 0.573 e. The van der Waals surface area contributed by atoms with E-state index in [1.807, 2.05) is 0 Å². The molecule has 0 saturated heterocycles. The number of aromatic nitrogens is 2. The Hall–Kier alpha value is -3.62. The first-order chi connectivity index (χ1) is 18.4. The SMILES string of the molecule is [2H]c1nc(C([2H])([2H])N2C(=O)c3c([2H])c(-c4ccc(OC(F)(F)F)cc4)c([2H])c([2H])c3OCC2([2H])[2H])nc([2H])c1[2H]. The molecule has 4 rings (SSSR count). The number of nitrogens with zero attached hydrogens (tertiary/aromatic N) is 3. The topological polar surface area (TPSA) is 64.6 Å². The molecule has 154 valence electrons. The van der Waals surface area contributed by atoms with E-state index in [2.05, 4.69) is 14.7 Å². The molecule has 0 N–H and O–H groups in total. The van der Waals surface area contributed by atoms with Crippen LogP contribution in [0.25, 0.3) is 11.1 Å². The monoisotopic (exact) mass is 425 g/mol. The number of ether oxygens (including phenoxy) is 2. The zero-order chi connectivity index (χ0) is 29.9. The molecule has 0 spiro atoms. The number of alkyl halides is 3. The number of hydrogen-bond acceptors (Lipinski definition) is 5. The summed E-state index contributed by atoms with van der Waals surface area (Å²) in [6, 6.07) is 0.826. The Kier molecular flexibility index (Phi) is 2.93. The van der Waals surface area contributed by atoms with E-state index in [1.165, 1.54) is 0 Å². The van der Waals surface area contributed by atoms with Crippen molar-refractivity contribution in [3.05, 3.63) is 72.2 Å². The molecule has 0 radical (unpaired) electrons. The minimum absolute atomic E-state index is 0.0190. The summed E-state index contributed by atoms with van der Waals surface area (Å²) in [6.45, 7) is -7.35. The van der Waals surface area contributed by atoms with E-state index < -0.39 is 96.8 Å². The van der Waals surface area contributed by atoms with Crippen molar-refractivity contribution in [1.82, 2.24) is 14.9 Å². The zero-order valence-corrected chi connectivity index (χ0v) is 14.7. The molecule has 0 unspecified atom stereocenters. The van der Waals surface area contributed by atoms with Gasteiger partial charge in [0.1, 0.15) is 23.9 Å². The average molecular weight is 425 g/mol. The van der Waals surface area contributed by atoms with Gasteiger partial charge in [0.25, 0.3) is 5.91 Å². The second kappa shape index (κ2) is 8.02. The van der Waals surface area contributed by atoms with Gasteiger partial charge >= 0.3 is 6.36 Å². The van der Waals surface area contributed by atoms with Gasteiger partial charge in [-0.25, -0.2) is 9.97 Å². The first kappa shape index (κ1) is 11.0. The largest absolute Gasteiger partial charge is 0.573 e. The zero-order valence-electron chi connectivity index (χ0n) is 24.7. The summed E-state index contributed by atoms with van der Waals surface area (Å²) >= 11 is 0. The van der Waals surface area contributed by atoms with Crippen molar-refractivity contribution in [3.8, 4) is 22.6 Å². The lowest BCUT2D eigenvalue weighted by molar-refractivity contribution is -0.274. The highest BCUT2D eigenvalue weighted by Crippen LogP contribution is 2.31. The minimum Gasteiger partial charge on any atom is -0.491 e. The maximum absolute atomic E-state index is 13.8. The summed E-state index contributed by atoms with van der Waals surface area (Å²) in [7, 11) is 0. The van der Waals surface area contributed by atoms with E-state index in [0.717, 1.165) is 24.3 Å². The molecular formula is C21H16F3N3O3. The van der Waals surface area contributed by atoms with Crippen LogP contribution in [-0.4, -0.2) is 40.2 Å². The van der Waals surface area contributed by atoms with Gasteiger partial charge in [0, 0.05) is 12.3 Å². The normalized spacial score (nSPS) is 20.9. The number of halogens is 3. The third-order valence-corrected chi connectivity index (χ3v) is 3.66. The molecule has 3 aromatic rings. The van der Waals surface area contributed by atoms with Crippen LogP contribution < -0.4 is 9.47 Å². The number of carbonyl (C=O) groups excluding carboxylic acids is 1. The molecule has 0 aliphatic carbocycles. The third kappa shape index (κ3) is 4.51. The molecular weight excluding hydrogens is 399 g/mol. The summed E-state index contributed by atoms with van der Waals surface area (Å²) in [5.74, 6) is -3.86. The molecule has 0 fully saturated rings. The number of fused-ring (bicyclic) bond motifs is 1. The van der Waals surface area contributed by atoms with Crippen molar-refractivity contribution in [2.75, 3.05) is 13.1 Å². The van der Waals surface area contributed by atoms with Gasteiger partial charge in [0.15, 0.2) is 0 Å². The van der Waals surface area contributed by atoms with E-state index in [4.69, 9.17) is 18.4 Å². The van der Waals surface area contributed by atoms with E-state index in [0.29, 0.717) is 0 Å². The van der Waals surface area contributed by atoms with Crippen LogP contribution in [0, 0.1) is 0 Å². The predicted octanol–water partition coefficient (Wildman–Crippen LogP) is 4.08. The van der Waals surface area contributed by atoms with Crippen molar-refractivity contribution in [2.24, 2.45) is 0 Å². The van der Waals surface area contributed by atoms with Crippen LogP contribution in [0.3, 0.4) is 0 Å². The second-order valence-corrected chi connectivity index (χ2v) is 5.62. The summed E-state index contributed by atoms with van der Waals surface area (Å²) in [5.41, 5.74) is -1.33. The van der Waals surface area contributed by atoms with Gasteiger partial charge in [-0.1, -0.05) is 18.2 Å². The Morgan fingerprint density at radius 2 is 1.93 bits per heavy atom. The molecule has 6 nitrogen and oxygen atoms in total. The van der Waals surface area contributed by atoms with Crippen LogP contribution in [0.2, 0.25) is 0 Å². The Balaban J connectivity index is 1.90. The van der Waals surface area contributed by atoms with Crippen LogP contribution >= 0.6 is 0 Å². The molecule has 2 aromatic carbocycles. The molecule has 0 bridgehead atoms. The highest BCUT2D eigenvalue weighted by Gasteiger charge is 2.31.